The molecule has 1 unspecified atom stereocenters. The molecule has 2 N–H and O–H groups in total. The summed E-state index contributed by atoms with van der Waals surface area (Å²) in [5.41, 5.74) is 7.35. The number of nitrogens with two attached hydrogens (primary N) is 1. The van der Waals surface area contributed by atoms with Gasteiger partial charge in [-0.25, -0.2) is 4.39 Å². The topological polar surface area (TPSA) is 55.6 Å². The first-order chi connectivity index (χ1) is 11.6. The van der Waals surface area contributed by atoms with Crippen molar-refractivity contribution in [3.05, 3.63) is 65.5 Å². The molecule has 2 aromatic rings. The number of hydrogen-bond acceptors (Lipinski definition) is 3. The van der Waals surface area contributed by atoms with E-state index in [0.717, 1.165) is 24.9 Å². The summed E-state index contributed by atoms with van der Waals surface area (Å²) in [7, 11) is 0. The lowest BCUT2D eigenvalue weighted by Gasteiger charge is -2.31. The molecule has 0 bridgehead atoms. The predicted octanol–water partition coefficient (Wildman–Crippen LogP) is 2.97. The number of carbonyl (C=O) groups excluding carboxylic acids is 1. The van der Waals surface area contributed by atoms with Gasteiger partial charge >= 0.3 is 0 Å². The standard InChI is InChI=1S/C19H21FN2O2/c20-15-9-7-14(8-10-15)13-24-18-6-2-1-5-17(18)19(23)22-11-3-4-16(21)12-22/h1-2,5-10,16H,3-4,11-13,21H2. The number of rotatable bonds is 4. The highest BCUT2D eigenvalue weighted by Crippen LogP contribution is 2.23. The number of carbonyl (C=O) groups is 1. The van der Waals surface area contributed by atoms with Crippen LogP contribution in [-0.2, 0) is 6.61 Å². The van der Waals surface area contributed by atoms with Crippen molar-refractivity contribution in [2.75, 3.05) is 13.1 Å². The maximum absolute atomic E-state index is 13.0. The van der Waals surface area contributed by atoms with Gasteiger partial charge in [0.15, 0.2) is 0 Å². The number of hydrogen-bond donors (Lipinski definition) is 1. The van der Waals surface area contributed by atoms with Crippen LogP contribution in [0.4, 0.5) is 4.39 Å². The van der Waals surface area contributed by atoms with Gasteiger partial charge in [0.05, 0.1) is 5.56 Å². The second kappa shape index (κ2) is 7.45. The maximum Gasteiger partial charge on any atom is 0.257 e. The third-order valence-corrected chi connectivity index (χ3v) is 4.17. The summed E-state index contributed by atoms with van der Waals surface area (Å²) < 4.78 is 18.8. The van der Waals surface area contributed by atoms with E-state index >= 15 is 0 Å². The Bertz CT molecular complexity index is 703. The van der Waals surface area contributed by atoms with Crippen LogP contribution in [0.5, 0.6) is 5.75 Å². The van der Waals surface area contributed by atoms with Crippen molar-refractivity contribution in [1.82, 2.24) is 4.90 Å². The summed E-state index contributed by atoms with van der Waals surface area (Å²) >= 11 is 0. The molecule has 126 valence electrons. The van der Waals surface area contributed by atoms with E-state index in [4.69, 9.17) is 10.5 Å². The highest BCUT2D eigenvalue weighted by Gasteiger charge is 2.24. The molecule has 0 aromatic heterocycles. The molecule has 0 spiro atoms. The number of amides is 1. The summed E-state index contributed by atoms with van der Waals surface area (Å²) in [5, 5.41) is 0. The number of para-hydroxylation sites is 1. The molecule has 0 saturated carbocycles. The van der Waals surface area contributed by atoms with E-state index < -0.39 is 0 Å². The van der Waals surface area contributed by atoms with Crippen molar-refractivity contribution in [3.8, 4) is 5.75 Å². The fraction of sp³-hybridized carbons (Fsp3) is 0.316. The van der Waals surface area contributed by atoms with Crippen LogP contribution < -0.4 is 10.5 Å². The Morgan fingerprint density at radius 1 is 1.21 bits per heavy atom. The van der Waals surface area contributed by atoms with Gasteiger partial charge < -0.3 is 15.4 Å². The van der Waals surface area contributed by atoms with E-state index in [2.05, 4.69) is 0 Å². The van der Waals surface area contributed by atoms with Crippen LogP contribution >= 0.6 is 0 Å². The summed E-state index contributed by atoms with van der Waals surface area (Å²) in [6.45, 7) is 1.58. The second-order valence-electron chi connectivity index (χ2n) is 6.06. The molecular formula is C19H21FN2O2. The first kappa shape index (κ1) is 16.5. The van der Waals surface area contributed by atoms with E-state index in [1.165, 1.54) is 12.1 Å². The molecule has 3 rings (SSSR count). The molecule has 0 radical (unpaired) electrons. The monoisotopic (exact) mass is 328 g/mol. The highest BCUT2D eigenvalue weighted by atomic mass is 19.1. The SMILES string of the molecule is NC1CCCN(C(=O)c2ccccc2OCc2ccc(F)cc2)C1. The summed E-state index contributed by atoms with van der Waals surface area (Å²) in [6.07, 6.45) is 1.87. The average Bonchev–Trinajstić information content (AvgIpc) is 2.61. The van der Waals surface area contributed by atoms with Gasteiger partial charge in [-0.2, -0.15) is 0 Å². The smallest absolute Gasteiger partial charge is 0.257 e. The van der Waals surface area contributed by atoms with Gasteiger partial charge in [-0.15, -0.1) is 0 Å². The van der Waals surface area contributed by atoms with Crippen LogP contribution in [0, 0.1) is 5.82 Å². The van der Waals surface area contributed by atoms with E-state index in [-0.39, 0.29) is 24.4 Å². The molecule has 1 atom stereocenters. The largest absolute Gasteiger partial charge is 0.488 e. The van der Waals surface area contributed by atoms with E-state index in [1.807, 2.05) is 12.1 Å². The van der Waals surface area contributed by atoms with Crippen LogP contribution in [0.2, 0.25) is 0 Å². The summed E-state index contributed by atoms with van der Waals surface area (Å²) in [6, 6.07) is 13.4. The molecular weight excluding hydrogens is 307 g/mol. The molecule has 0 aliphatic carbocycles. The Labute approximate surface area is 141 Å². The van der Waals surface area contributed by atoms with E-state index in [0.29, 0.717) is 17.9 Å². The lowest BCUT2D eigenvalue weighted by atomic mass is 10.0. The Hall–Kier alpha value is -2.40. The van der Waals surface area contributed by atoms with Crippen LogP contribution in [0.1, 0.15) is 28.8 Å². The molecule has 2 aromatic carbocycles. The van der Waals surface area contributed by atoms with Gasteiger partial charge in [0.1, 0.15) is 18.2 Å². The zero-order chi connectivity index (χ0) is 16.9. The lowest BCUT2D eigenvalue weighted by Crippen LogP contribution is -2.45. The minimum atomic E-state index is -0.282. The quantitative estimate of drug-likeness (QED) is 0.939. The van der Waals surface area contributed by atoms with Crippen LogP contribution in [0.3, 0.4) is 0 Å². The zero-order valence-electron chi connectivity index (χ0n) is 13.5. The fourth-order valence-corrected chi connectivity index (χ4v) is 2.88. The Kier molecular flexibility index (Phi) is 5.11. The van der Waals surface area contributed by atoms with Crippen molar-refractivity contribution >= 4 is 5.91 Å². The molecule has 1 aliphatic heterocycles. The van der Waals surface area contributed by atoms with Gasteiger partial charge in [-0.05, 0) is 42.7 Å². The Morgan fingerprint density at radius 3 is 2.71 bits per heavy atom. The van der Waals surface area contributed by atoms with Crippen LogP contribution in [-0.4, -0.2) is 29.9 Å². The number of piperidine rings is 1. The fourth-order valence-electron chi connectivity index (χ4n) is 2.88. The first-order valence-corrected chi connectivity index (χ1v) is 8.14. The Morgan fingerprint density at radius 2 is 1.96 bits per heavy atom. The van der Waals surface area contributed by atoms with Crippen molar-refractivity contribution in [2.45, 2.75) is 25.5 Å². The predicted molar refractivity (Wildman–Crippen MR) is 90.3 cm³/mol. The van der Waals surface area contributed by atoms with Gasteiger partial charge in [0.2, 0.25) is 0 Å². The third kappa shape index (κ3) is 3.92. The van der Waals surface area contributed by atoms with Crippen LogP contribution in [0.15, 0.2) is 48.5 Å². The number of ether oxygens (including phenoxy) is 1. The molecule has 1 aliphatic rings. The molecule has 1 fully saturated rings. The van der Waals surface area contributed by atoms with Gasteiger partial charge in [-0.1, -0.05) is 24.3 Å². The van der Waals surface area contributed by atoms with Crippen molar-refractivity contribution < 1.29 is 13.9 Å². The minimum absolute atomic E-state index is 0.0370. The van der Waals surface area contributed by atoms with Crippen molar-refractivity contribution in [3.63, 3.8) is 0 Å². The minimum Gasteiger partial charge on any atom is -0.488 e. The normalized spacial score (nSPS) is 17.6. The highest BCUT2D eigenvalue weighted by molar-refractivity contribution is 5.97. The maximum atomic E-state index is 13.0. The van der Waals surface area contributed by atoms with Gasteiger partial charge in [0.25, 0.3) is 5.91 Å². The second-order valence-corrected chi connectivity index (χ2v) is 6.06. The van der Waals surface area contributed by atoms with Crippen LogP contribution in [0.25, 0.3) is 0 Å². The zero-order valence-corrected chi connectivity index (χ0v) is 13.5. The summed E-state index contributed by atoms with van der Waals surface area (Å²) in [5.74, 6) is 0.196. The Balaban J connectivity index is 1.72. The molecule has 4 nitrogen and oxygen atoms in total. The number of nitrogens with zero attached hydrogens (tertiary/aromatic N) is 1. The lowest BCUT2D eigenvalue weighted by molar-refractivity contribution is 0.0704. The number of likely N-dealkylation sites (tertiary alicyclic amines) is 1. The van der Waals surface area contributed by atoms with Crippen molar-refractivity contribution in [2.24, 2.45) is 5.73 Å². The van der Waals surface area contributed by atoms with Gasteiger partial charge in [0, 0.05) is 19.1 Å². The number of benzene rings is 2. The molecule has 24 heavy (non-hydrogen) atoms. The number of halogens is 1. The van der Waals surface area contributed by atoms with Gasteiger partial charge in [-0.3, -0.25) is 4.79 Å². The van der Waals surface area contributed by atoms with Crippen molar-refractivity contribution in [1.29, 1.82) is 0 Å². The average molecular weight is 328 g/mol. The van der Waals surface area contributed by atoms with E-state index in [1.54, 1.807) is 29.2 Å². The molecule has 1 saturated heterocycles. The third-order valence-electron chi connectivity index (χ3n) is 4.17. The first-order valence-electron chi connectivity index (χ1n) is 8.14. The van der Waals surface area contributed by atoms with E-state index in [9.17, 15) is 9.18 Å². The molecule has 5 heteroatoms. The molecule has 1 amide bonds. The summed E-state index contributed by atoms with van der Waals surface area (Å²) in [4.78, 5) is 14.5. The molecule has 1 heterocycles.